The van der Waals surface area contributed by atoms with E-state index in [-0.39, 0.29) is 17.7 Å². The van der Waals surface area contributed by atoms with E-state index in [4.69, 9.17) is 0 Å². The summed E-state index contributed by atoms with van der Waals surface area (Å²) in [5.74, 6) is 0.225. The molecule has 0 radical (unpaired) electrons. The molecule has 2 aromatic rings. The molecule has 0 aliphatic carbocycles. The predicted molar refractivity (Wildman–Crippen MR) is 103 cm³/mol. The number of carbonyl (C=O) groups excluding carboxylic acids is 2. The van der Waals surface area contributed by atoms with E-state index in [1.807, 2.05) is 12.1 Å². The van der Waals surface area contributed by atoms with E-state index in [1.54, 1.807) is 36.7 Å². The highest BCUT2D eigenvalue weighted by atomic mass is 32.2. The Bertz CT molecular complexity index is 761. The molecular weight excluding hydrogens is 348 g/mol. The molecule has 2 amide bonds. The van der Waals surface area contributed by atoms with E-state index < -0.39 is 0 Å². The highest BCUT2D eigenvalue weighted by Gasteiger charge is 2.24. The van der Waals surface area contributed by atoms with Crippen LogP contribution in [0.5, 0.6) is 0 Å². The van der Waals surface area contributed by atoms with Gasteiger partial charge in [-0.15, -0.1) is 0 Å². The van der Waals surface area contributed by atoms with Crippen LogP contribution in [0.25, 0.3) is 0 Å². The van der Waals surface area contributed by atoms with Crippen LogP contribution in [0, 0.1) is 5.92 Å². The number of anilines is 1. The van der Waals surface area contributed by atoms with E-state index >= 15 is 0 Å². The number of rotatable bonds is 5. The minimum absolute atomic E-state index is 0.0661. The van der Waals surface area contributed by atoms with Crippen molar-refractivity contribution in [2.24, 2.45) is 5.92 Å². The molecule has 0 spiro atoms. The summed E-state index contributed by atoms with van der Waals surface area (Å²) in [6, 6.07) is 10.5. The fourth-order valence-electron chi connectivity index (χ4n) is 2.93. The van der Waals surface area contributed by atoms with Crippen LogP contribution in [0.15, 0.2) is 53.7 Å². The number of aromatic nitrogens is 1. The summed E-state index contributed by atoms with van der Waals surface area (Å²) in [7, 11) is 2.08. The van der Waals surface area contributed by atoms with Gasteiger partial charge in [-0.3, -0.25) is 14.5 Å². The highest BCUT2D eigenvalue weighted by Crippen LogP contribution is 2.22. The third-order valence-electron chi connectivity index (χ3n) is 4.39. The lowest BCUT2D eigenvalue weighted by Crippen LogP contribution is -2.33. The average Bonchev–Trinajstić information content (AvgIpc) is 2.67. The number of urea groups is 1. The van der Waals surface area contributed by atoms with Gasteiger partial charge in [0.15, 0.2) is 5.78 Å². The number of carbonyl (C=O) groups is 2. The molecule has 1 saturated heterocycles. The van der Waals surface area contributed by atoms with E-state index in [9.17, 15) is 9.59 Å². The van der Waals surface area contributed by atoms with Gasteiger partial charge in [-0.2, -0.15) is 0 Å². The molecule has 26 heavy (non-hydrogen) atoms. The molecule has 136 valence electrons. The topological polar surface area (TPSA) is 74.3 Å². The van der Waals surface area contributed by atoms with Crippen molar-refractivity contribution in [3.8, 4) is 0 Å². The van der Waals surface area contributed by atoms with Gasteiger partial charge in [0.25, 0.3) is 0 Å². The van der Waals surface area contributed by atoms with E-state index in [1.165, 1.54) is 11.9 Å². The molecule has 6 nitrogen and oxygen atoms in total. The minimum atomic E-state index is -0.345. The lowest BCUT2D eigenvalue weighted by atomic mass is 9.89. The smallest absolute Gasteiger partial charge is 0.307 e. The standard InChI is InChI=1S/C19H22N4O2S/c1-23-10-7-14(8-11-23)18(24)15-4-2-5-16(12-15)21-19(25)22-26-17-6-3-9-20-13-17/h2-6,9,12-14H,7-8,10-11H2,1H3,(H2,21,22,25). The number of nitrogens with zero attached hydrogens (tertiary/aromatic N) is 2. The van der Waals surface area contributed by atoms with Gasteiger partial charge >= 0.3 is 6.03 Å². The summed E-state index contributed by atoms with van der Waals surface area (Å²) in [4.78, 5) is 31.8. The van der Waals surface area contributed by atoms with Crippen LogP contribution in [0.1, 0.15) is 23.2 Å². The Morgan fingerprint density at radius 3 is 2.73 bits per heavy atom. The van der Waals surface area contributed by atoms with Crippen LogP contribution in [0.4, 0.5) is 10.5 Å². The number of Topliss-reactive ketones (excluding diaryl/α,β-unsaturated/α-hetero) is 1. The Balaban J connectivity index is 1.56. The molecular formula is C19H22N4O2S. The van der Waals surface area contributed by atoms with E-state index in [0.29, 0.717) is 11.3 Å². The third kappa shape index (κ3) is 5.06. The monoisotopic (exact) mass is 370 g/mol. The maximum Gasteiger partial charge on any atom is 0.329 e. The zero-order valence-electron chi connectivity index (χ0n) is 14.6. The number of piperidine rings is 1. The van der Waals surface area contributed by atoms with Gasteiger partial charge in [0.1, 0.15) is 0 Å². The lowest BCUT2D eigenvalue weighted by Gasteiger charge is -2.28. The number of pyridine rings is 1. The van der Waals surface area contributed by atoms with Crippen LogP contribution in [0.2, 0.25) is 0 Å². The summed E-state index contributed by atoms with van der Waals surface area (Å²) in [6.45, 7) is 1.89. The second-order valence-electron chi connectivity index (χ2n) is 6.37. The van der Waals surface area contributed by atoms with Crippen molar-refractivity contribution in [1.82, 2.24) is 14.6 Å². The van der Waals surface area contributed by atoms with Crippen LogP contribution in [-0.2, 0) is 0 Å². The van der Waals surface area contributed by atoms with Gasteiger partial charge in [-0.05, 0) is 69.2 Å². The van der Waals surface area contributed by atoms with Crippen molar-refractivity contribution in [3.63, 3.8) is 0 Å². The Morgan fingerprint density at radius 2 is 2.00 bits per heavy atom. The van der Waals surface area contributed by atoms with E-state index in [2.05, 4.69) is 27.0 Å². The van der Waals surface area contributed by atoms with Crippen molar-refractivity contribution < 1.29 is 9.59 Å². The molecule has 0 bridgehead atoms. The first kappa shape index (κ1) is 18.4. The molecule has 1 fully saturated rings. The second kappa shape index (κ2) is 8.82. The highest BCUT2D eigenvalue weighted by molar-refractivity contribution is 7.98. The zero-order chi connectivity index (χ0) is 18.4. The molecule has 2 heterocycles. The molecule has 0 saturated carbocycles. The van der Waals surface area contributed by atoms with Crippen molar-refractivity contribution in [3.05, 3.63) is 54.4 Å². The Kier molecular flexibility index (Phi) is 6.25. The van der Waals surface area contributed by atoms with Gasteiger partial charge in [0, 0.05) is 34.5 Å². The maximum absolute atomic E-state index is 12.7. The van der Waals surface area contributed by atoms with Crippen LogP contribution in [0.3, 0.4) is 0 Å². The zero-order valence-corrected chi connectivity index (χ0v) is 15.5. The molecule has 2 N–H and O–H groups in total. The molecule has 1 aromatic heterocycles. The molecule has 0 atom stereocenters. The van der Waals surface area contributed by atoms with Crippen LogP contribution in [-0.4, -0.2) is 41.8 Å². The van der Waals surface area contributed by atoms with E-state index in [0.717, 1.165) is 30.8 Å². The van der Waals surface area contributed by atoms with Crippen LogP contribution >= 0.6 is 11.9 Å². The number of hydrogen-bond donors (Lipinski definition) is 2. The molecule has 1 aromatic carbocycles. The lowest BCUT2D eigenvalue weighted by molar-refractivity contribution is 0.0857. The van der Waals surface area contributed by atoms with Gasteiger partial charge in [0.2, 0.25) is 0 Å². The molecule has 3 rings (SSSR count). The average molecular weight is 370 g/mol. The van der Waals surface area contributed by atoms with Crippen molar-refractivity contribution >= 4 is 29.4 Å². The number of likely N-dealkylation sites (tertiary alicyclic amines) is 1. The van der Waals surface area contributed by atoms with Crippen molar-refractivity contribution in [2.75, 3.05) is 25.5 Å². The summed E-state index contributed by atoms with van der Waals surface area (Å²) in [6.07, 6.45) is 5.12. The van der Waals surface area contributed by atoms with Gasteiger partial charge in [-0.25, -0.2) is 4.79 Å². The number of amides is 2. The summed E-state index contributed by atoms with van der Waals surface area (Å²) in [5, 5.41) is 2.77. The predicted octanol–water partition coefficient (Wildman–Crippen LogP) is 3.43. The largest absolute Gasteiger partial charge is 0.329 e. The first-order chi connectivity index (χ1) is 12.6. The first-order valence-corrected chi connectivity index (χ1v) is 9.40. The fourth-order valence-corrected chi connectivity index (χ4v) is 3.45. The number of nitrogens with one attached hydrogen (secondary N) is 2. The molecule has 1 aliphatic heterocycles. The second-order valence-corrected chi connectivity index (χ2v) is 7.25. The Morgan fingerprint density at radius 1 is 1.19 bits per heavy atom. The Labute approximate surface area is 157 Å². The third-order valence-corrected chi connectivity index (χ3v) is 5.15. The molecule has 7 heteroatoms. The van der Waals surface area contributed by atoms with Crippen molar-refractivity contribution in [1.29, 1.82) is 0 Å². The first-order valence-electron chi connectivity index (χ1n) is 8.58. The quantitative estimate of drug-likeness (QED) is 0.623. The molecule has 0 unspecified atom stereocenters. The number of hydrogen-bond acceptors (Lipinski definition) is 5. The fraction of sp³-hybridized carbons (Fsp3) is 0.316. The van der Waals surface area contributed by atoms with Gasteiger partial charge in [-0.1, -0.05) is 12.1 Å². The van der Waals surface area contributed by atoms with Crippen molar-refractivity contribution in [2.45, 2.75) is 17.7 Å². The Hall–Kier alpha value is -2.38. The maximum atomic E-state index is 12.7. The SMILES string of the molecule is CN1CCC(C(=O)c2cccc(NC(=O)NSc3cccnc3)c2)CC1. The summed E-state index contributed by atoms with van der Waals surface area (Å²) >= 11 is 1.19. The minimum Gasteiger partial charge on any atom is -0.307 e. The normalized spacial score (nSPS) is 15.4. The number of benzene rings is 1. The van der Waals surface area contributed by atoms with Gasteiger partial charge in [0.05, 0.1) is 0 Å². The summed E-state index contributed by atoms with van der Waals surface area (Å²) in [5.41, 5.74) is 1.25. The van der Waals surface area contributed by atoms with Gasteiger partial charge < -0.3 is 10.2 Å². The molecule has 1 aliphatic rings. The summed E-state index contributed by atoms with van der Waals surface area (Å²) < 4.78 is 2.70. The number of ketones is 1. The van der Waals surface area contributed by atoms with Crippen LogP contribution < -0.4 is 10.0 Å².